The van der Waals surface area contributed by atoms with Crippen LogP contribution in [0.4, 0.5) is 0 Å². The minimum atomic E-state index is -0.437. The van der Waals surface area contributed by atoms with E-state index in [1.165, 1.54) is 24.3 Å². The van der Waals surface area contributed by atoms with Gasteiger partial charge in [0, 0.05) is 16.6 Å². The number of hydrogen-bond acceptors (Lipinski definition) is 3. The first-order valence-electron chi connectivity index (χ1n) is 6.44. The van der Waals surface area contributed by atoms with Gasteiger partial charge in [0.1, 0.15) is 0 Å². The first-order chi connectivity index (χ1) is 8.66. The van der Waals surface area contributed by atoms with Crippen LogP contribution in [0.15, 0.2) is 28.7 Å². The van der Waals surface area contributed by atoms with Crippen LogP contribution in [0, 0.1) is 0 Å². The molecule has 0 radical (unpaired) electrons. The van der Waals surface area contributed by atoms with Crippen LogP contribution < -0.4 is 5.32 Å². The average Bonchev–Trinajstić information content (AvgIpc) is 2.40. The highest BCUT2D eigenvalue weighted by Gasteiger charge is 2.21. The van der Waals surface area contributed by atoms with E-state index in [1.54, 1.807) is 0 Å². The quantitative estimate of drug-likeness (QED) is 0.888. The Labute approximate surface area is 122 Å². The predicted octanol–water partition coefficient (Wildman–Crippen LogP) is 3.36. The Hall–Kier alpha value is -0.0300. The summed E-state index contributed by atoms with van der Waals surface area (Å²) in [6.45, 7) is 2.06. The van der Waals surface area contributed by atoms with Gasteiger partial charge in [-0.15, -0.1) is 0 Å². The van der Waals surface area contributed by atoms with E-state index in [-0.39, 0.29) is 6.04 Å². The fraction of sp³-hybridized carbons (Fsp3) is 0.571. The molecule has 2 N–H and O–H groups in total. The average molecular weight is 330 g/mol. The van der Waals surface area contributed by atoms with Crippen molar-refractivity contribution >= 4 is 27.7 Å². The van der Waals surface area contributed by atoms with Gasteiger partial charge in [0.05, 0.1) is 6.10 Å². The molecule has 0 spiro atoms. The van der Waals surface area contributed by atoms with E-state index in [0.29, 0.717) is 6.04 Å². The SMILES string of the molecule is CC(NC1CCSCC1)C(O)c1ccc(Br)cc1. The number of aliphatic hydroxyl groups is 1. The highest BCUT2D eigenvalue weighted by Crippen LogP contribution is 2.22. The Morgan fingerprint density at radius 1 is 1.28 bits per heavy atom. The van der Waals surface area contributed by atoms with Gasteiger partial charge in [-0.2, -0.15) is 11.8 Å². The Morgan fingerprint density at radius 2 is 1.89 bits per heavy atom. The summed E-state index contributed by atoms with van der Waals surface area (Å²) >= 11 is 5.44. The molecule has 0 saturated carbocycles. The van der Waals surface area contributed by atoms with Crippen LogP contribution in [0.1, 0.15) is 31.4 Å². The van der Waals surface area contributed by atoms with Crippen LogP contribution in [-0.4, -0.2) is 28.7 Å². The molecule has 1 aliphatic heterocycles. The Bertz CT molecular complexity index is 365. The third-order valence-corrected chi connectivity index (χ3v) is 4.98. The van der Waals surface area contributed by atoms with E-state index in [1.807, 2.05) is 36.0 Å². The van der Waals surface area contributed by atoms with Crippen molar-refractivity contribution in [3.8, 4) is 0 Å². The predicted molar refractivity (Wildman–Crippen MR) is 82.0 cm³/mol. The molecule has 1 heterocycles. The molecule has 18 heavy (non-hydrogen) atoms. The summed E-state index contributed by atoms with van der Waals surface area (Å²) in [6.07, 6.45) is 1.98. The first-order valence-corrected chi connectivity index (χ1v) is 8.39. The van der Waals surface area contributed by atoms with Crippen LogP contribution >= 0.6 is 27.7 Å². The van der Waals surface area contributed by atoms with Gasteiger partial charge in [-0.25, -0.2) is 0 Å². The van der Waals surface area contributed by atoms with Crippen molar-refractivity contribution in [1.82, 2.24) is 5.32 Å². The largest absolute Gasteiger partial charge is 0.387 e. The maximum Gasteiger partial charge on any atom is 0.0940 e. The second-order valence-electron chi connectivity index (χ2n) is 4.84. The Kier molecular flexibility index (Phi) is 5.55. The zero-order chi connectivity index (χ0) is 13.0. The fourth-order valence-electron chi connectivity index (χ4n) is 2.28. The lowest BCUT2D eigenvalue weighted by Gasteiger charge is -2.29. The molecule has 1 aliphatic rings. The smallest absolute Gasteiger partial charge is 0.0940 e. The summed E-state index contributed by atoms with van der Waals surface area (Å²) in [7, 11) is 0. The maximum absolute atomic E-state index is 10.3. The third-order valence-electron chi connectivity index (χ3n) is 3.41. The van der Waals surface area contributed by atoms with E-state index in [9.17, 15) is 5.11 Å². The van der Waals surface area contributed by atoms with Gasteiger partial charge in [-0.1, -0.05) is 28.1 Å². The molecule has 2 unspecified atom stereocenters. The molecule has 2 nitrogen and oxygen atoms in total. The molecule has 2 rings (SSSR count). The topological polar surface area (TPSA) is 32.3 Å². The summed E-state index contributed by atoms with van der Waals surface area (Å²) in [6, 6.07) is 8.56. The summed E-state index contributed by atoms with van der Waals surface area (Å²) in [5.74, 6) is 2.47. The molecule has 2 atom stereocenters. The minimum Gasteiger partial charge on any atom is -0.387 e. The van der Waals surface area contributed by atoms with Gasteiger partial charge in [0.25, 0.3) is 0 Å². The van der Waals surface area contributed by atoms with Crippen LogP contribution in [-0.2, 0) is 0 Å². The molecule has 0 aromatic heterocycles. The summed E-state index contributed by atoms with van der Waals surface area (Å²) in [4.78, 5) is 0. The normalized spacial score (nSPS) is 20.6. The highest BCUT2D eigenvalue weighted by atomic mass is 79.9. The fourth-order valence-corrected chi connectivity index (χ4v) is 3.65. The monoisotopic (exact) mass is 329 g/mol. The van der Waals surface area contributed by atoms with Crippen molar-refractivity contribution in [2.24, 2.45) is 0 Å². The number of benzene rings is 1. The number of hydrogen-bond donors (Lipinski definition) is 2. The van der Waals surface area contributed by atoms with Crippen LogP contribution in [0.25, 0.3) is 0 Å². The van der Waals surface area contributed by atoms with Gasteiger partial charge in [-0.3, -0.25) is 0 Å². The van der Waals surface area contributed by atoms with Crippen molar-refractivity contribution in [2.45, 2.75) is 38.0 Å². The lowest BCUT2D eigenvalue weighted by atomic mass is 10.0. The van der Waals surface area contributed by atoms with E-state index in [4.69, 9.17) is 0 Å². The number of nitrogens with one attached hydrogen (secondary N) is 1. The molecule has 0 amide bonds. The molecule has 1 aromatic carbocycles. The summed E-state index contributed by atoms with van der Waals surface area (Å²) < 4.78 is 1.04. The van der Waals surface area contributed by atoms with Crippen molar-refractivity contribution in [3.63, 3.8) is 0 Å². The van der Waals surface area contributed by atoms with Crippen LogP contribution in [0.5, 0.6) is 0 Å². The van der Waals surface area contributed by atoms with Gasteiger partial charge >= 0.3 is 0 Å². The number of thioether (sulfide) groups is 1. The van der Waals surface area contributed by atoms with Crippen molar-refractivity contribution in [1.29, 1.82) is 0 Å². The summed E-state index contributed by atoms with van der Waals surface area (Å²) in [5, 5.41) is 13.9. The van der Waals surface area contributed by atoms with Crippen molar-refractivity contribution in [2.75, 3.05) is 11.5 Å². The van der Waals surface area contributed by atoms with Crippen molar-refractivity contribution < 1.29 is 5.11 Å². The second kappa shape index (κ2) is 6.94. The van der Waals surface area contributed by atoms with E-state index < -0.39 is 6.10 Å². The Balaban J connectivity index is 1.91. The van der Waals surface area contributed by atoms with Crippen LogP contribution in [0.2, 0.25) is 0 Å². The van der Waals surface area contributed by atoms with Gasteiger partial charge in [-0.05, 0) is 49.0 Å². The molecular formula is C14H20BrNOS. The van der Waals surface area contributed by atoms with E-state index >= 15 is 0 Å². The van der Waals surface area contributed by atoms with E-state index in [2.05, 4.69) is 28.2 Å². The van der Waals surface area contributed by atoms with Crippen LogP contribution in [0.3, 0.4) is 0 Å². The molecule has 1 fully saturated rings. The molecule has 0 aliphatic carbocycles. The minimum absolute atomic E-state index is 0.0966. The lowest BCUT2D eigenvalue weighted by Crippen LogP contribution is -2.41. The third kappa shape index (κ3) is 3.98. The second-order valence-corrected chi connectivity index (χ2v) is 6.98. The molecule has 1 aromatic rings. The molecule has 100 valence electrons. The number of aliphatic hydroxyl groups excluding tert-OH is 1. The maximum atomic E-state index is 10.3. The molecule has 4 heteroatoms. The number of rotatable bonds is 4. The molecule has 0 bridgehead atoms. The Morgan fingerprint density at radius 3 is 2.50 bits per heavy atom. The lowest BCUT2D eigenvalue weighted by molar-refractivity contribution is 0.128. The van der Waals surface area contributed by atoms with Gasteiger partial charge < -0.3 is 10.4 Å². The zero-order valence-corrected chi connectivity index (χ0v) is 13.0. The summed E-state index contributed by atoms with van der Waals surface area (Å²) in [5.41, 5.74) is 0.975. The first kappa shape index (κ1) is 14.4. The van der Waals surface area contributed by atoms with Gasteiger partial charge in [0.2, 0.25) is 0 Å². The van der Waals surface area contributed by atoms with Gasteiger partial charge in [0.15, 0.2) is 0 Å². The zero-order valence-electron chi connectivity index (χ0n) is 10.6. The molecule has 1 saturated heterocycles. The highest BCUT2D eigenvalue weighted by molar-refractivity contribution is 9.10. The molecular weight excluding hydrogens is 310 g/mol. The van der Waals surface area contributed by atoms with E-state index in [0.717, 1.165) is 10.0 Å². The number of halogens is 1. The van der Waals surface area contributed by atoms with Crippen molar-refractivity contribution in [3.05, 3.63) is 34.3 Å². The standard InChI is InChI=1S/C14H20BrNOS/c1-10(16-13-6-8-18-9-7-13)14(17)11-2-4-12(15)5-3-11/h2-5,10,13-14,16-17H,6-9H2,1H3.